The number of nitrogen functional groups attached to an aromatic ring is 1. The molecule has 0 spiro atoms. The molecule has 0 fully saturated rings. The van der Waals surface area contributed by atoms with Crippen molar-refractivity contribution < 1.29 is 4.74 Å². The van der Waals surface area contributed by atoms with Crippen molar-refractivity contribution in [2.24, 2.45) is 5.84 Å². The summed E-state index contributed by atoms with van der Waals surface area (Å²) in [5.41, 5.74) is 5.58. The molecule has 0 amide bonds. The Kier molecular flexibility index (Phi) is 3.82. The van der Waals surface area contributed by atoms with Gasteiger partial charge in [-0.2, -0.15) is 0 Å². The number of ether oxygens (including phenoxy) is 1. The molecule has 1 aliphatic heterocycles. The molecule has 0 bridgehead atoms. The summed E-state index contributed by atoms with van der Waals surface area (Å²) in [4.78, 5) is 9.07. The molecule has 2 aromatic rings. The van der Waals surface area contributed by atoms with Crippen LogP contribution in [0.3, 0.4) is 0 Å². The minimum absolute atomic E-state index is 0.501. The maximum Gasteiger partial charge on any atom is 0.149 e. The summed E-state index contributed by atoms with van der Waals surface area (Å²) in [6.07, 6.45) is 1.37. The number of halogens is 1. The first-order valence-corrected chi connectivity index (χ1v) is 6.82. The number of aromatic nitrogens is 2. The second kappa shape index (κ2) is 5.75. The molecule has 1 aliphatic rings. The smallest absolute Gasteiger partial charge is 0.149 e. The van der Waals surface area contributed by atoms with E-state index in [1.54, 1.807) is 0 Å². The van der Waals surface area contributed by atoms with Gasteiger partial charge in [-0.1, -0.05) is 29.8 Å². The van der Waals surface area contributed by atoms with Gasteiger partial charge < -0.3 is 10.2 Å². The van der Waals surface area contributed by atoms with E-state index < -0.39 is 0 Å². The Morgan fingerprint density at radius 3 is 2.95 bits per heavy atom. The van der Waals surface area contributed by atoms with Crippen molar-refractivity contribution in [3.05, 3.63) is 51.9 Å². The van der Waals surface area contributed by atoms with Crippen LogP contribution < -0.4 is 11.3 Å². The first-order valence-electron chi connectivity index (χ1n) is 6.44. The minimum atomic E-state index is 0.501. The Balaban J connectivity index is 1.96. The van der Waals surface area contributed by atoms with Crippen LogP contribution >= 0.6 is 11.6 Å². The zero-order valence-electron chi connectivity index (χ0n) is 10.9. The number of hydrogen-bond donors (Lipinski definition) is 2. The van der Waals surface area contributed by atoms with Crippen molar-refractivity contribution in [1.82, 2.24) is 9.97 Å². The van der Waals surface area contributed by atoms with Crippen LogP contribution in [0.25, 0.3) is 0 Å². The highest BCUT2D eigenvalue weighted by atomic mass is 35.5. The highest BCUT2D eigenvalue weighted by Gasteiger charge is 2.18. The van der Waals surface area contributed by atoms with Gasteiger partial charge in [-0.05, 0) is 11.6 Å². The second-order valence-corrected chi connectivity index (χ2v) is 5.04. The molecule has 3 N–H and O–H groups in total. The van der Waals surface area contributed by atoms with E-state index >= 15 is 0 Å². The van der Waals surface area contributed by atoms with Gasteiger partial charge in [0.1, 0.15) is 11.6 Å². The number of fused-ring (bicyclic) bond motifs is 1. The second-order valence-electron chi connectivity index (χ2n) is 4.63. The summed E-state index contributed by atoms with van der Waals surface area (Å²) in [6, 6.07) is 7.70. The molecule has 3 rings (SSSR count). The van der Waals surface area contributed by atoms with Crippen molar-refractivity contribution in [2.45, 2.75) is 19.4 Å². The Morgan fingerprint density at radius 1 is 1.30 bits per heavy atom. The molecule has 0 saturated carbocycles. The van der Waals surface area contributed by atoms with E-state index in [2.05, 4.69) is 15.4 Å². The van der Waals surface area contributed by atoms with E-state index in [0.29, 0.717) is 31.3 Å². The lowest BCUT2D eigenvalue weighted by atomic mass is 10.1. The topological polar surface area (TPSA) is 73.1 Å². The van der Waals surface area contributed by atoms with Gasteiger partial charge in [0.2, 0.25) is 0 Å². The Labute approximate surface area is 122 Å². The van der Waals surface area contributed by atoms with Crippen LogP contribution in [0.15, 0.2) is 24.3 Å². The molecule has 5 nitrogen and oxygen atoms in total. The van der Waals surface area contributed by atoms with Crippen molar-refractivity contribution >= 4 is 17.4 Å². The molecule has 1 aromatic heterocycles. The van der Waals surface area contributed by atoms with Crippen molar-refractivity contribution in [3.8, 4) is 0 Å². The third kappa shape index (κ3) is 2.60. The van der Waals surface area contributed by atoms with Gasteiger partial charge in [-0.3, -0.25) is 0 Å². The normalized spacial score (nSPS) is 13.9. The number of hydrogen-bond acceptors (Lipinski definition) is 5. The molecular formula is C14H15ClN4O. The zero-order chi connectivity index (χ0) is 13.9. The van der Waals surface area contributed by atoms with E-state index in [1.807, 2.05) is 24.3 Å². The number of rotatable bonds is 3. The van der Waals surface area contributed by atoms with Gasteiger partial charge in [0.15, 0.2) is 0 Å². The van der Waals surface area contributed by atoms with E-state index in [9.17, 15) is 0 Å². The average molecular weight is 291 g/mol. The Bertz CT molecular complexity index is 615. The maximum absolute atomic E-state index is 6.18. The summed E-state index contributed by atoms with van der Waals surface area (Å²) < 4.78 is 5.42. The van der Waals surface area contributed by atoms with Crippen LogP contribution in [-0.2, 0) is 24.2 Å². The first-order chi connectivity index (χ1) is 9.78. The Hall–Kier alpha value is -1.69. The molecular weight excluding hydrogens is 276 g/mol. The van der Waals surface area contributed by atoms with Crippen LogP contribution in [0.4, 0.5) is 5.82 Å². The van der Waals surface area contributed by atoms with Gasteiger partial charge in [0.25, 0.3) is 0 Å². The average Bonchev–Trinajstić information content (AvgIpc) is 2.49. The minimum Gasteiger partial charge on any atom is -0.376 e. The highest BCUT2D eigenvalue weighted by molar-refractivity contribution is 6.31. The molecule has 1 aromatic carbocycles. The van der Waals surface area contributed by atoms with Crippen LogP contribution in [0, 0.1) is 0 Å². The lowest BCUT2D eigenvalue weighted by Crippen LogP contribution is -2.20. The van der Waals surface area contributed by atoms with E-state index in [0.717, 1.165) is 28.3 Å². The lowest BCUT2D eigenvalue weighted by Gasteiger charge is -2.19. The molecule has 2 heterocycles. The monoisotopic (exact) mass is 290 g/mol. The predicted molar refractivity (Wildman–Crippen MR) is 77.5 cm³/mol. The summed E-state index contributed by atoms with van der Waals surface area (Å²) in [5.74, 6) is 6.89. The maximum atomic E-state index is 6.18. The fourth-order valence-corrected chi connectivity index (χ4v) is 2.50. The molecule has 0 aliphatic carbocycles. The number of nitrogens with zero attached hydrogens (tertiary/aromatic N) is 2. The first kappa shape index (κ1) is 13.3. The van der Waals surface area contributed by atoms with Crippen molar-refractivity contribution in [1.29, 1.82) is 0 Å². The number of anilines is 1. The van der Waals surface area contributed by atoms with Gasteiger partial charge in [0.05, 0.1) is 18.9 Å². The molecule has 6 heteroatoms. The third-order valence-corrected chi connectivity index (χ3v) is 3.68. The number of benzene rings is 1. The SMILES string of the molecule is NNc1nc(Cc2ccccc2Cl)nc2c1COCC2. The molecule has 0 unspecified atom stereocenters. The van der Waals surface area contributed by atoms with E-state index in [-0.39, 0.29) is 0 Å². The van der Waals surface area contributed by atoms with Crippen LogP contribution in [0.2, 0.25) is 5.02 Å². The quantitative estimate of drug-likeness (QED) is 0.669. The molecule has 20 heavy (non-hydrogen) atoms. The van der Waals surface area contributed by atoms with E-state index in [4.69, 9.17) is 22.2 Å². The van der Waals surface area contributed by atoms with Gasteiger partial charge in [-0.15, -0.1) is 0 Å². The highest BCUT2D eigenvalue weighted by Crippen LogP contribution is 2.23. The van der Waals surface area contributed by atoms with Crippen LogP contribution in [0.5, 0.6) is 0 Å². The summed E-state index contributed by atoms with van der Waals surface area (Å²) in [7, 11) is 0. The fourth-order valence-electron chi connectivity index (χ4n) is 2.29. The largest absolute Gasteiger partial charge is 0.376 e. The third-order valence-electron chi connectivity index (χ3n) is 3.31. The van der Waals surface area contributed by atoms with Gasteiger partial charge in [0, 0.05) is 23.4 Å². The molecule has 0 atom stereocenters. The summed E-state index contributed by atoms with van der Waals surface area (Å²) >= 11 is 6.18. The zero-order valence-corrected chi connectivity index (χ0v) is 11.7. The number of hydrazine groups is 1. The van der Waals surface area contributed by atoms with Gasteiger partial charge in [-0.25, -0.2) is 15.8 Å². The fraction of sp³-hybridized carbons (Fsp3) is 0.286. The predicted octanol–water partition coefficient (Wildman–Crippen LogP) is 2.08. The number of nitrogens with one attached hydrogen (secondary N) is 1. The standard InChI is InChI=1S/C14H15ClN4O/c15-11-4-2-1-3-9(11)7-13-17-12-5-6-20-8-10(12)14(18-13)19-16/h1-4H,5-8,16H2,(H,17,18,19). The molecule has 104 valence electrons. The lowest BCUT2D eigenvalue weighted by molar-refractivity contribution is 0.109. The summed E-state index contributed by atoms with van der Waals surface area (Å²) in [6.45, 7) is 1.18. The van der Waals surface area contributed by atoms with Gasteiger partial charge >= 0.3 is 0 Å². The van der Waals surface area contributed by atoms with Crippen LogP contribution in [0.1, 0.15) is 22.6 Å². The van der Waals surface area contributed by atoms with Crippen LogP contribution in [-0.4, -0.2) is 16.6 Å². The molecule has 0 radical (unpaired) electrons. The van der Waals surface area contributed by atoms with Crippen molar-refractivity contribution in [3.63, 3.8) is 0 Å². The van der Waals surface area contributed by atoms with E-state index in [1.165, 1.54) is 0 Å². The Morgan fingerprint density at radius 2 is 2.15 bits per heavy atom. The van der Waals surface area contributed by atoms with Crippen molar-refractivity contribution in [2.75, 3.05) is 12.0 Å². The molecule has 0 saturated heterocycles. The number of nitrogens with two attached hydrogens (primary N) is 1. The summed E-state index contributed by atoms with van der Waals surface area (Å²) in [5, 5.41) is 0.722.